The molecule has 1 aromatic heterocycles. The lowest BCUT2D eigenvalue weighted by Gasteiger charge is -2.11. The van der Waals surface area contributed by atoms with Crippen LogP contribution in [0.3, 0.4) is 0 Å². The van der Waals surface area contributed by atoms with E-state index in [1.807, 2.05) is 0 Å². The number of rotatable bonds is 2. The van der Waals surface area contributed by atoms with Crippen LogP contribution < -0.4 is 0 Å². The molecule has 0 radical (unpaired) electrons. The monoisotopic (exact) mass is 199 g/mol. The second-order valence-electron chi connectivity index (χ2n) is 3.37. The molecule has 0 atom stereocenters. The molecule has 5 heteroatoms. The maximum absolute atomic E-state index is 13.2. The maximum atomic E-state index is 13.2. The fourth-order valence-corrected chi connectivity index (χ4v) is 1.56. The van der Waals surface area contributed by atoms with Gasteiger partial charge in [-0.05, 0) is 12.8 Å². The number of pyridine rings is 1. The van der Waals surface area contributed by atoms with Crippen LogP contribution in [0.4, 0.5) is 8.78 Å². The number of hydrogen-bond acceptors (Lipinski definition) is 2. The van der Waals surface area contributed by atoms with Gasteiger partial charge in [-0.15, -0.1) is 0 Å². The van der Waals surface area contributed by atoms with Crippen LogP contribution in [0.25, 0.3) is 0 Å². The third-order valence-electron chi connectivity index (χ3n) is 2.49. The highest BCUT2D eigenvalue weighted by atomic mass is 19.1. The van der Waals surface area contributed by atoms with E-state index in [-0.39, 0.29) is 18.4 Å². The predicted octanol–water partition coefficient (Wildman–Crippen LogP) is 1.48. The van der Waals surface area contributed by atoms with Gasteiger partial charge in [-0.25, -0.2) is 8.78 Å². The van der Waals surface area contributed by atoms with E-state index in [1.54, 1.807) is 0 Å². The Morgan fingerprint density at radius 3 is 2.21 bits per heavy atom. The van der Waals surface area contributed by atoms with Crippen molar-refractivity contribution in [3.05, 3.63) is 29.6 Å². The SMILES string of the molecule is O=C(O)C1(c2c(F)cncc2F)CC1. The van der Waals surface area contributed by atoms with Crippen molar-refractivity contribution in [3.8, 4) is 0 Å². The number of carboxylic acids is 1. The van der Waals surface area contributed by atoms with Gasteiger partial charge in [-0.2, -0.15) is 0 Å². The van der Waals surface area contributed by atoms with E-state index in [9.17, 15) is 13.6 Å². The summed E-state index contributed by atoms with van der Waals surface area (Å²) in [7, 11) is 0. The summed E-state index contributed by atoms with van der Waals surface area (Å²) in [6, 6.07) is 0. The summed E-state index contributed by atoms with van der Waals surface area (Å²) >= 11 is 0. The van der Waals surface area contributed by atoms with Crippen molar-refractivity contribution in [2.45, 2.75) is 18.3 Å². The van der Waals surface area contributed by atoms with Crippen LogP contribution in [0, 0.1) is 11.6 Å². The quantitative estimate of drug-likeness (QED) is 0.784. The van der Waals surface area contributed by atoms with E-state index < -0.39 is 23.0 Å². The molecule has 0 spiro atoms. The molecule has 1 saturated carbocycles. The van der Waals surface area contributed by atoms with Crippen LogP contribution in [0.2, 0.25) is 0 Å². The average molecular weight is 199 g/mol. The Balaban J connectivity index is 2.56. The second kappa shape index (κ2) is 2.73. The minimum Gasteiger partial charge on any atom is -0.481 e. The van der Waals surface area contributed by atoms with Crippen molar-refractivity contribution >= 4 is 5.97 Å². The van der Waals surface area contributed by atoms with Crippen molar-refractivity contribution in [2.24, 2.45) is 0 Å². The van der Waals surface area contributed by atoms with Crippen LogP contribution in [-0.2, 0) is 10.2 Å². The predicted molar refractivity (Wildman–Crippen MR) is 42.7 cm³/mol. The molecule has 0 aromatic carbocycles. The van der Waals surface area contributed by atoms with Crippen LogP contribution in [-0.4, -0.2) is 16.1 Å². The van der Waals surface area contributed by atoms with Crippen molar-refractivity contribution in [1.29, 1.82) is 0 Å². The molecule has 0 amide bonds. The number of aromatic nitrogens is 1. The van der Waals surface area contributed by atoms with E-state index in [1.165, 1.54) is 0 Å². The number of aliphatic carboxylic acids is 1. The highest BCUT2D eigenvalue weighted by Gasteiger charge is 2.54. The van der Waals surface area contributed by atoms with Gasteiger partial charge in [0.15, 0.2) is 0 Å². The first kappa shape index (κ1) is 9.05. The number of nitrogens with zero attached hydrogens (tertiary/aromatic N) is 1. The van der Waals surface area contributed by atoms with E-state index >= 15 is 0 Å². The maximum Gasteiger partial charge on any atom is 0.314 e. The third-order valence-corrected chi connectivity index (χ3v) is 2.49. The standard InChI is InChI=1S/C9H7F2NO2/c10-5-3-12-4-6(11)7(5)9(1-2-9)8(13)14/h3-4H,1-2H2,(H,13,14). The highest BCUT2D eigenvalue weighted by molar-refractivity contribution is 5.85. The van der Waals surface area contributed by atoms with Crippen molar-refractivity contribution < 1.29 is 18.7 Å². The number of carbonyl (C=O) groups is 1. The Morgan fingerprint density at radius 2 is 1.86 bits per heavy atom. The lowest BCUT2D eigenvalue weighted by Crippen LogP contribution is -2.22. The Bertz CT molecular complexity index is 382. The average Bonchev–Trinajstić information content (AvgIpc) is 2.85. The minimum atomic E-state index is -1.35. The highest BCUT2D eigenvalue weighted by Crippen LogP contribution is 2.49. The largest absolute Gasteiger partial charge is 0.481 e. The molecule has 1 heterocycles. The van der Waals surface area contributed by atoms with Gasteiger partial charge in [-0.3, -0.25) is 9.78 Å². The molecule has 3 nitrogen and oxygen atoms in total. The minimum absolute atomic E-state index is 0.278. The zero-order valence-corrected chi connectivity index (χ0v) is 7.13. The summed E-state index contributed by atoms with van der Waals surface area (Å²) in [5.74, 6) is -2.95. The van der Waals surface area contributed by atoms with E-state index in [0.29, 0.717) is 0 Å². The number of hydrogen-bond donors (Lipinski definition) is 1. The van der Waals surface area contributed by atoms with E-state index in [0.717, 1.165) is 12.4 Å². The third kappa shape index (κ3) is 1.08. The molecule has 1 N–H and O–H groups in total. The summed E-state index contributed by atoms with van der Waals surface area (Å²) in [6.07, 6.45) is 2.23. The molecule has 0 saturated heterocycles. The molecule has 74 valence electrons. The van der Waals surface area contributed by atoms with E-state index in [2.05, 4.69) is 4.98 Å². The molecular weight excluding hydrogens is 192 g/mol. The van der Waals surface area contributed by atoms with Crippen molar-refractivity contribution in [3.63, 3.8) is 0 Å². The fourth-order valence-electron chi connectivity index (χ4n) is 1.56. The zero-order valence-electron chi connectivity index (χ0n) is 7.13. The van der Waals surface area contributed by atoms with Gasteiger partial charge in [0, 0.05) is 5.56 Å². The molecule has 1 fully saturated rings. The summed E-state index contributed by atoms with van der Waals surface area (Å²) < 4.78 is 26.4. The molecule has 0 aliphatic heterocycles. The smallest absolute Gasteiger partial charge is 0.314 e. The zero-order chi connectivity index (χ0) is 10.3. The first-order valence-electron chi connectivity index (χ1n) is 4.11. The molecule has 1 aliphatic rings. The summed E-state index contributed by atoms with van der Waals surface area (Å²) in [4.78, 5) is 14.1. The van der Waals surface area contributed by atoms with Gasteiger partial charge >= 0.3 is 5.97 Å². The van der Waals surface area contributed by atoms with Crippen LogP contribution in [0.5, 0.6) is 0 Å². The molecule has 14 heavy (non-hydrogen) atoms. The number of carboxylic acid groups (broad SMARTS) is 1. The lowest BCUT2D eigenvalue weighted by molar-refractivity contribution is -0.140. The Hall–Kier alpha value is -1.52. The van der Waals surface area contributed by atoms with Gasteiger partial charge < -0.3 is 5.11 Å². The van der Waals surface area contributed by atoms with Crippen LogP contribution in [0.15, 0.2) is 12.4 Å². The van der Waals surface area contributed by atoms with Crippen molar-refractivity contribution in [1.82, 2.24) is 4.98 Å². The lowest BCUT2D eigenvalue weighted by atomic mass is 9.96. The molecular formula is C9H7F2NO2. The Labute approximate surface area is 78.4 Å². The molecule has 0 bridgehead atoms. The first-order chi connectivity index (χ1) is 6.58. The molecule has 1 aromatic rings. The Morgan fingerprint density at radius 1 is 1.36 bits per heavy atom. The summed E-state index contributed by atoms with van der Waals surface area (Å²) in [6.45, 7) is 0. The van der Waals surface area contributed by atoms with Crippen LogP contribution in [0.1, 0.15) is 18.4 Å². The topological polar surface area (TPSA) is 50.2 Å². The van der Waals surface area contributed by atoms with Gasteiger partial charge in [-0.1, -0.05) is 0 Å². The normalized spacial score (nSPS) is 17.9. The molecule has 1 aliphatic carbocycles. The van der Waals surface area contributed by atoms with E-state index in [4.69, 9.17) is 5.11 Å². The molecule has 2 rings (SSSR count). The van der Waals surface area contributed by atoms with Gasteiger partial charge in [0.1, 0.15) is 11.6 Å². The Kier molecular flexibility index (Phi) is 1.77. The second-order valence-corrected chi connectivity index (χ2v) is 3.37. The van der Waals surface area contributed by atoms with Gasteiger partial charge in [0.25, 0.3) is 0 Å². The van der Waals surface area contributed by atoms with Crippen molar-refractivity contribution in [2.75, 3.05) is 0 Å². The first-order valence-corrected chi connectivity index (χ1v) is 4.11. The number of halogens is 2. The fraction of sp³-hybridized carbons (Fsp3) is 0.333. The van der Waals surface area contributed by atoms with Gasteiger partial charge in [0.2, 0.25) is 0 Å². The van der Waals surface area contributed by atoms with Gasteiger partial charge in [0.05, 0.1) is 17.8 Å². The molecule has 0 unspecified atom stereocenters. The summed E-state index contributed by atoms with van der Waals surface area (Å²) in [5, 5.41) is 8.85. The van der Waals surface area contributed by atoms with Crippen LogP contribution >= 0.6 is 0 Å². The summed E-state index contributed by atoms with van der Waals surface area (Å²) in [5.41, 5.74) is -1.71.